The number of nitrogens with one attached hydrogen (secondary N) is 1. The number of hydrogen-bond donors (Lipinski definition) is 1. The first-order valence-corrected chi connectivity index (χ1v) is 10.4. The summed E-state index contributed by atoms with van der Waals surface area (Å²) in [6, 6.07) is 16.2. The smallest absolute Gasteiger partial charge is 0.223 e. The number of nitrogens with zero attached hydrogens (tertiary/aromatic N) is 3. The standard InChI is InChI=1S/C23H30N4O2/c1-19(10-11-20-7-3-2-4-8-20)25-22(28)12-13-23(29)27-17-15-26(16-18-27)21-9-5-6-14-24-21/h2-9,14,19H,10-13,15-18H2,1H3,(H,25,28)/t19-/m0/s1. The molecule has 0 radical (unpaired) electrons. The molecule has 6 heteroatoms. The molecule has 1 aliphatic heterocycles. The normalized spacial score (nSPS) is 15.1. The van der Waals surface area contributed by atoms with E-state index in [1.165, 1.54) is 5.56 Å². The van der Waals surface area contributed by atoms with Crippen molar-refractivity contribution in [2.45, 2.75) is 38.6 Å². The predicted octanol–water partition coefficient (Wildman–Crippen LogP) is 2.65. The topological polar surface area (TPSA) is 65.5 Å². The second-order valence-corrected chi connectivity index (χ2v) is 7.55. The third kappa shape index (κ3) is 6.59. The van der Waals surface area contributed by atoms with Gasteiger partial charge in [0.1, 0.15) is 5.82 Å². The Kier molecular flexibility index (Phi) is 7.61. The molecule has 2 heterocycles. The van der Waals surface area contributed by atoms with Gasteiger partial charge in [-0.15, -0.1) is 0 Å². The third-order valence-corrected chi connectivity index (χ3v) is 5.29. The lowest BCUT2D eigenvalue weighted by molar-refractivity contribution is -0.134. The van der Waals surface area contributed by atoms with E-state index >= 15 is 0 Å². The van der Waals surface area contributed by atoms with Crippen LogP contribution in [0.2, 0.25) is 0 Å². The molecule has 1 aromatic carbocycles. The van der Waals surface area contributed by atoms with Crippen LogP contribution >= 0.6 is 0 Å². The summed E-state index contributed by atoms with van der Waals surface area (Å²) >= 11 is 0. The number of benzene rings is 1. The van der Waals surface area contributed by atoms with Crippen molar-refractivity contribution >= 4 is 17.6 Å². The quantitative estimate of drug-likeness (QED) is 0.748. The van der Waals surface area contributed by atoms with E-state index in [1.807, 2.05) is 48.2 Å². The molecule has 0 saturated carbocycles. The number of anilines is 1. The van der Waals surface area contributed by atoms with Crippen molar-refractivity contribution in [1.82, 2.24) is 15.2 Å². The molecule has 29 heavy (non-hydrogen) atoms. The van der Waals surface area contributed by atoms with Crippen molar-refractivity contribution in [3.63, 3.8) is 0 Å². The Hall–Kier alpha value is -2.89. The molecular formula is C23H30N4O2. The molecule has 1 saturated heterocycles. The van der Waals surface area contributed by atoms with E-state index < -0.39 is 0 Å². The average molecular weight is 395 g/mol. The molecular weight excluding hydrogens is 364 g/mol. The van der Waals surface area contributed by atoms with Crippen LogP contribution < -0.4 is 10.2 Å². The van der Waals surface area contributed by atoms with E-state index in [1.54, 1.807) is 6.20 Å². The van der Waals surface area contributed by atoms with Gasteiger partial charge in [-0.3, -0.25) is 9.59 Å². The summed E-state index contributed by atoms with van der Waals surface area (Å²) in [5.74, 6) is 0.951. The molecule has 1 aromatic heterocycles. The number of carbonyl (C=O) groups is 2. The van der Waals surface area contributed by atoms with Crippen LogP contribution in [0.1, 0.15) is 31.7 Å². The zero-order valence-electron chi connectivity index (χ0n) is 17.1. The van der Waals surface area contributed by atoms with Crippen molar-refractivity contribution in [3.8, 4) is 0 Å². The van der Waals surface area contributed by atoms with Gasteiger partial charge >= 0.3 is 0 Å². The Bertz CT molecular complexity index is 774. The van der Waals surface area contributed by atoms with E-state index in [-0.39, 0.29) is 30.7 Å². The zero-order valence-corrected chi connectivity index (χ0v) is 17.1. The van der Waals surface area contributed by atoms with Gasteiger partial charge < -0.3 is 15.1 Å². The maximum atomic E-state index is 12.5. The fraction of sp³-hybridized carbons (Fsp3) is 0.435. The minimum absolute atomic E-state index is 0.0500. The lowest BCUT2D eigenvalue weighted by Gasteiger charge is -2.35. The summed E-state index contributed by atoms with van der Waals surface area (Å²) in [6.07, 6.45) is 4.11. The monoisotopic (exact) mass is 394 g/mol. The lowest BCUT2D eigenvalue weighted by Crippen LogP contribution is -2.49. The van der Waals surface area contributed by atoms with Crippen LogP contribution in [0, 0.1) is 0 Å². The summed E-state index contributed by atoms with van der Waals surface area (Å²) in [5.41, 5.74) is 1.27. The largest absolute Gasteiger partial charge is 0.354 e. The Balaban J connectivity index is 1.33. The lowest BCUT2D eigenvalue weighted by atomic mass is 10.1. The van der Waals surface area contributed by atoms with Crippen molar-refractivity contribution in [2.75, 3.05) is 31.1 Å². The third-order valence-electron chi connectivity index (χ3n) is 5.29. The average Bonchev–Trinajstić information content (AvgIpc) is 2.77. The van der Waals surface area contributed by atoms with Gasteiger partial charge in [0.15, 0.2) is 0 Å². The number of rotatable bonds is 8. The molecule has 1 aliphatic rings. The number of aromatic nitrogens is 1. The molecule has 2 aromatic rings. The van der Waals surface area contributed by atoms with Crippen LogP contribution in [0.15, 0.2) is 54.7 Å². The van der Waals surface area contributed by atoms with Crippen LogP contribution in [-0.4, -0.2) is 53.9 Å². The molecule has 2 amide bonds. The van der Waals surface area contributed by atoms with E-state index in [9.17, 15) is 9.59 Å². The second kappa shape index (κ2) is 10.6. The molecule has 1 N–H and O–H groups in total. The zero-order chi connectivity index (χ0) is 20.5. The van der Waals surface area contributed by atoms with Gasteiger partial charge in [-0.05, 0) is 37.5 Å². The Morgan fingerprint density at radius 1 is 1.00 bits per heavy atom. The minimum Gasteiger partial charge on any atom is -0.354 e. The minimum atomic E-state index is -0.0500. The van der Waals surface area contributed by atoms with Crippen LogP contribution in [0.5, 0.6) is 0 Å². The van der Waals surface area contributed by atoms with Gasteiger partial charge in [-0.25, -0.2) is 4.98 Å². The maximum Gasteiger partial charge on any atom is 0.223 e. The van der Waals surface area contributed by atoms with Crippen LogP contribution in [0.3, 0.4) is 0 Å². The summed E-state index contributed by atoms with van der Waals surface area (Å²) in [7, 11) is 0. The Labute approximate surface area is 172 Å². The Morgan fingerprint density at radius 2 is 1.72 bits per heavy atom. The summed E-state index contributed by atoms with van der Waals surface area (Å²) < 4.78 is 0. The van der Waals surface area contributed by atoms with Gasteiger partial charge in [0.2, 0.25) is 11.8 Å². The molecule has 0 bridgehead atoms. The number of carbonyl (C=O) groups excluding carboxylic acids is 2. The van der Waals surface area contributed by atoms with Crippen LogP contribution in [0.25, 0.3) is 0 Å². The number of hydrogen-bond acceptors (Lipinski definition) is 4. The first-order valence-electron chi connectivity index (χ1n) is 10.4. The molecule has 3 rings (SSSR count). The summed E-state index contributed by atoms with van der Waals surface area (Å²) in [6.45, 7) is 4.89. The predicted molar refractivity (Wildman–Crippen MR) is 115 cm³/mol. The maximum absolute atomic E-state index is 12.5. The van der Waals surface area contributed by atoms with Crippen molar-refractivity contribution in [1.29, 1.82) is 0 Å². The molecule has 6 nitrogen and oxygen atoms in total. The van der Waals surface area contributed by atoms with E-state index in [4.69, 9.17) is 0 Å². The molecule has 1 atom stereocenters. The second-order valence-electron chi connectivity index (χ2n) is 7.55. The molecule has 0 aliphatic carbocycles. The highest BCUT2D eigenvalue weighted by atomic mass is 16.2. The molecule has 0 spiro atoms. The van der Waals surface area contributed by atoms with Crippen molar-refractivity contribution in [2.24, 2.45) is 0 Å². The highest BCUT2D eigenvalue weighted by Crippen LogP contribution is 2.13. The number of aryl methyl sites for hydroxylation is 1. The van der Waals surface area contributed by atoms with Gasteiger partial charge in [0.05, 0.1) is 0 Å². The highest BCUT2D eigenvalue weighted by molar-refractivity contribution is 5.84. The first kappa shape index (κ1) is 20.8. The summed E-state index contributed by atoms with van der Waals surface area (Å²) in [4.78, 5) is 33.0. The SMILES string of the molecule is C[C@@H](CCc1ccccc1)NC(=O)CCC(=O)N1CCN(c2ccccn2)CC1. The van der Waals surface area contributed by atoms with E-state index in [0.717, 1.165) is 31.7 Å². The van der Waals surface area contributed by atoms with Crippen molar-refractivity contribution in [3.05, 3.63) is 60.3 Å². The summed E-state index contributed by atoms with van der Waals surface area (Å²) in [5, 5.41) is 3.01. The number of piperazine rings is 1. The van der Waals surface area contributed by atoms with Gasteiger partial charge in [-0.1, -0.05) is 36.4 Å². The van der Waals surface area contributed by atoms with Crippen molar-refractivity contribution < 1.29 is 9.59 Å². The molecule has 1 fully saturated rings. The molecule has 0 unspecified atom stereocenters. The fourth-order valence-corrected chi connectivity index (χ4v) is 3.55. The highest BCUT2D eigenvalue weighted by Gasteiger charge is 2.22. The van der Waals surface area contributed by atoms with Crippen LogP contribution in [-0.2, 0) is 16.0 Å². The van der Waals surface area contributed by atoms with Gasteiger partial charge in [0.25, 0.3) is 0 Å². The number of pyridine rings is 1. The fourth-order valence-electron chi connectivity index (χ4n) is 3.55. The number of amides is 2. The Morgan fingerprint density at radius 3 is 2.41 bits per heavy atom. The first-order chi connectivity index (χ1) is 14.1. The van der Waals surface area contributed by atoms with Gasteiger partial charge in [-0.2, -0.15) is 0 Å². The van der Waals surface area contributed by atoms with Gasteiger partial charge in [0, 0.05) is 51.3 Å². The molecule has 154 valence electrons. The van der Waals surface area contributed by atoms with Crippen LogP contribution in [0.4, 0.5) is 5.82 Å². The van der Waals surface area contributed by atoms with E-state index in [2.05, 4.69) is 27.3 Å². The van der Waals surface area contributed by atoms with E-state index in [0.29, 0.717) is 13.1 Å².